The minimum absolute atomic E-state index is 0.00230. The lowest BCUT2D eigenvalue weighted by Crippen LogP contribution is -2.23. The van der Waals surface area contributed by atoms with Gasteiger partial charge in [-0.1, -0.05) is 154 Å². The molecule has 262 valence electrons. The molecule has 0 spiro atoms. The van der Waals surface area contributed by atoms with Gasteiger partial charge in [0.15, 0.2) is 0 Å². The van der Waals surface area contributed by atoms with Crippen LogP contribution in [0.25, 0.3) is 93.1 Å². The van der Waals surface area contributed by atoms with Crippen molar-refractivity contribution in [2.45, 2.75) is 26.2 Å². The van der Waals surface area contributed by atoms with E-state index in [0.29, 0.717) is 5.39 Å². The van der Waals surface area contributed by atoms with Gasteiger partial charge < -0.3 is 0 Å². The summed E-state index contributed by atoms with van der Waals surface area (Å²) in [6.45, 7) is 6.61. The van der Waals surface area contributed by atoms with Crippen LogP contribution in [0.4, 0.5) is 0 Å². The van der Waals surface area contributed by atoms with Crippen molar-refractivity contribution in [3.8, 4) is 39.1 Å². The Hall–Kier alpha value is -6.77. The summed E-state index contributed by atoms with van der Waals surface area (Å²) in [5.41, 5.74) is 9.69. The molecular weight excluding hydrogens is 667 g/mol. The van der Waals surface area contributed by atoms with E-state index in [1.54, 1.807) is 0 Å². The van der Waals surface area contributed by atoms with Gasteiger partial charge in [0, 0.05) is 10.8 Å². The lowest BCUT2D eigenvalue weighted by atomic mass is 9.85. The van der Waals surface area contributed by atoms with E-state index < -0.39 is 0 Å². The number of para-hydroxylation sites is 1. The molecular formula is C53H39NO. The van der Waals surface area contributed by atoms with Gasteiger partial charge in [-0.3, -0.25) is 9.36 Å². The first kappa shape index (κ1) is 32.8. The van der Waals surface area contributed by atoms with Crippen LogP contribution in [0.3, 0.4) is 0 Å². The number of aromatic nitrogens is 1. The number of nitrogens with zero attached hydrogens (tertiary/aromatic N) is 1. The first-order valence-electron chi connectivity index (χ1n) is 19.1. The average Bonchev–Trinajstić information content (AvgIpc) is 3.23. The number of pyridine rings is 1. The number of fused-ring (bicyclic) bond motifs is 9. The average molecular weight is 706 g/mol. The second-order valence-electron chi connectivity index (χ2n) is 15.7. The molecule has 1 aromatic heterocycles. The molecule has 0 bridgehead atoms. The first-order valence-corrected chi connectivity index (χ1v) is 19.1. The van der Waals surface area contributed by atoms with Gasteiger partial charge in [-0.2, -0.15) is 0 Å². The van der Waals surface area contributed by atoms with E-state index in [1.807, 2.05) is 28.8 Å². The fourth-order valence-electron chi connectivity index (χ4n) is 8.65. The number of benzene rings is 9. The molecule has 0 unspecified atom stereocenters. The van der Waals surface area contributed by atoms with Crippen LogP contribution < -0.4 is 5.56 Å². The normalized spacial score (nSPS) is 12.0. The van der Waals surface area contributed by atoms with Crippen LogP contribution in [0, 0.1) is 0 Å². The van der Waals surface area contributed by atoms with Crippen molar-refractivity contribution in [2.75, 3.05) is 0 Å². The Bertz CT molecular complexity index is 3160. The summed E-state index contributed by atoms with van der Waals surface area (Å²) in [5, 5.41) is 10.3. The summed E-state index contributed by atoms with van der Waals surface area (Å²) in [4.78, 5) is 14.4. The summed E-state index contributed by atoms with van der Waals surface area (Å²) >= 11 is 0. The number of hydrogen-bond acceptors (Lipinski definition) is 1. The van der Waals surface area contributed by atoms with Gasteiger partial charge in [0.25, 0.3) is 5.56 Å². The largest absolute Gasteiger partial charge is 0.276 e. The van der Waals surface area contributed by atoms with Crippen molar-refractivity contribution in [3.63, 3.8) is 0 Å². The van der Waals surface area contributed by atoms with Gasteiger partial charge in [0.05, 0.1) is 11.2 Å². The predicted octanol–water partition coefficient (Wildman–Crippen LogP) is 13.9. The van der Waals surface area contributed by atoms with Gasteiger partial charge in [-0.05, 0) is 131 Å². The second-order valence-corrected chi connectivity index (χ2v) is 15.7. The predicted molar refractivity (Wildman–Crippen MR) is 235 cm³/mol. The van der Waals surface area contributed by atoms with E-state index in [9.17, 15) is 4.79 Å². The Labute approximate surface area is 320 Å². The summed E-state index contributed by atoms with van der Waals surface area (Å²) in [6.07, 6.45) is 0. The van der Waals surface area contributed by atoms with E-state index in [1.165, 1.54) is 43.4 Å². The standard InChI is InChI=1S/C53H39NO/c1-53(2,3)49-23-13-14-24-51(49)54-50-28-26-36(33-48(50)44-21-11-12-22-46(44)52(54)55)39-30-37(34-15-5-4-6-16-34)29-38(31-39)35-25-27-45-42-19-8-7-17-40(42)41-18-9-10-20-43(41)47(45)32-35/h4-33H,1-3H3. The quantitative estimate of drug-likeness (QED) is 0.167. The van der Waals surface area contributed by atoms with E-state index >= 15 is 0 Å². The van der Waals surface area contributed by atoms with Crippen molar-refractivity contribution in [1.29, 1.82) is 0 Å². The molecule has 0 atom stereocenters. The summed E-state index contributed by atoms with van der Waals surface area (Å²) in [6, 6.07) is 65.0. The summed E-state index contributed by atoms with van der Waals surface area (Å²) < 4.78 is 1.93. The lowest BCUT2D eigenvalue weighted by Gasteiger charge is -2.25. The van der Waals surface area contributed by atoms with Crippen molar-refractivity contribution < 1.29 is 0 Å². The van der Waals surface area contributed by atoms with Gasteiger partial charge >= 0.3 is 0 Å². The Balaban J connectivity index is 1.22. The SMILES string of the molecule is CC(C)(C)c1ccccc1-n1c(=O)c2ccccc2c2cc(-c3cc(-c4ccccc4)cc(-c4ccc5c6ccccc6c6ccccc6c5c4)c3)ccc21. The highest BCUT2D eigenvalue weighted by atomic mass is 16.1. The maximum atomic E-state index is 14.4. The molecule has 10 rings (SSSR count). The second kappa shape index (κ2) is 12.7. The van der Waals surface area contributed by atoms with Gasteiger partial charge in [0.1, 0.15) is 0 Å². The molecule has 0 saturated heterocycles. The minimum Gasteiger partial charge on any atom is -0.276 e. The maximum Gasteiger partial charge on any atom is 0.263 e. The van der Waals surface area contributed by atoms with Crippen molar-refractivity contribution in [1.82, 2.24) is 4.57 Å². The molecule has 9 aromatic carbocycles. The zero-order valence-electron chi connectivity index (χ0n) is 31.2. The van der Waals surface area contributed by atoms with Crippen molar-refractivity contribution >= 4 is 54.0 Å². The van der Waals surface area contributed by atoms with Crippen LogP contribution in [-0.4, -0.2) is 4.57 Å². The van der Waals surface area contributed by atoms with Crippen LogP contribution in [0.15, 0.2) is 187 Å². The topological polar surface area (TPSA) is 22.0 Å². The molecule has 2 nitrogen and oxygen atoms in total. The number of rotatable bonds is 4. The molecule has 0 aliphatic carbocycles. The zero-order chi connectivity index (χ0) is 37.3. The molecule has 0 N–H and O–H groups in total. The highest BCUT2D eigenvalue weighted by molar-refractivity contribution is 6.25. The smallest absolute Gasteiger partial charge is 0.263 e. The van der Waals surface area contributed by atoms with Crippen LogP contribution in [0.2, 0.25) is 0 Å². The van der Waals surface area contributed by atoms with Crippen LogP contribution in [0.5, 0.6) is 0 Å². The zero-order valence-corrected chi connectivity index (χ0v) is 31.2. The third-order valence-electron chi connectivity index (χ3n) is 11.3. The minimum atomic E-state index is -0.148. The molecule has 0 aliphatic rings. The van der Waals surface area contributed by atoms with E-state index in [4.69, 9.17) is 0 Å². The first-order chi connectivity index (χ1) is 26.8. The molecule has 10 aromatic rings. The maximum absolute atomic E-state index is 14.4. The Morgan fingerprint density at radius 3 is 1.38 bits per heavy atom. The lowest BCUT2D eigenvalue weighted by molar-refractivity contribution is 0.586. The van der Waals surface area contributed by atoms with Crippen molar-refractivity contribution in [3.05, 3.63) is 198 Å². The molecule has 0 saturated carbocycles. The van der Waals surface area contributed by atoms with Gasteiger partial charge in [-0.25, -0.2) is 0 Å². The third-order valence-corrected chi connectivity index (χ3v) is 11.3. The van der Waals surface area contributed by atoms with E-state index in [0.717, 1.165) is 49.8 Å². The van der Waals surface area contributed by atoms with E-state index in [2.05, 4.69) is 178 Å². The molecule has 0 radical (unpaired) electrons. The van der Waals surface area contributed by atoms with Gasteiger partial charge in [0.2, 0.25) is 0 Å². The Morgan fingerprint density at radius 2 is 0.782 bits per heavy atom. The van der Waals surface area contributed by atoms with Crippen LogP contribution in [-0.2, 0) is 5.41 Å². The Kier molecular flexibility index (Phi) is 7.57. The molecule has 0 aliphatic heterocycles. The van der Waals surface area contributed by atoms with Gasteiger partial charge in [-0.15, -0.1) is 0 Å². The Morgan fingerprint density at radius 1 is 0.345 bits per heavy atom. The fraction of sp³-hybridized carbons (Fsp3) is 0.0755. The fourth-order valence-corrected chi connectivity index (χ4v) is 8.65. The molecule has 0 fully saturated rings. The van der Waals surface area contributed by atoms with Crippen LogP contribution in [0.1, 0.15) is 26.3 Å². The highest BCUT2D eigenvalue weighted by Gasteiger charge is 2.22. The molecule has 55 heavy (non-hydrogen) atoms. The highest BCUT2D eigenvalue weighted by Crippen LogP contribution is 2.40. The molecule has 2 heteroatoms. The monoisotopic (exact) mass is 705 g/mol. The third kappa shape index (κ3) is 5.44. The summed E-state index contributed by atoms with van der Waals surface area (Å²) in [7, 11) is 0. The van der Waals surface area contributed by atoms with Crippen molar-refractivity contribution in [2.24, 2.45) is 0 Å². The summed E-state index contributed by atoms with van der Waals surface area (Å²) in [5.74, 6) is 0. The van der Waals surface area contributed by atoms with E-state index in [-0.39, 0.29) is 11.0 Å². The number of hydrogen-bond donors (Lipinski definition) is 0. The van der Waals surface area contributed by atoms with Crippen LogP contribution >= 0.6 is 0 Å². The molecule has 1 heterocycles. The molecule has 0 amide bonds.